The number of nitrogens with one attached hydrogen (secondary N) is 1. The molecule has 1 N–H and O–H groups in total. The van der Waals surface area contributed by atoms with Gasteiger partial charge in [0.15, 0.2) is 6.61 Å². The molecule has 102 valence electrons. The fourth-order valence-corrected chi connectivity index (χ4v) is 1.92. The first-order chi connectivity index (χ1) is 9.81. The van der Waals surface area contributed by atoms with Crippen LogP contribution in [0.1, 0.15) is 16.8 Å². The summed E-state index contributed by atoms with van der Waals surface area (Å²) in [6.45, 7) is 3.50. The topological polar surface area (TPSA) is 57.9 Å². The van der Waals surface area contributed by atoms with Gasteiger partial charge in [-0.3, -0.25) is 4.98 Å². The van der Waals surface area contributed by atoms with Gasteiger partial charge in [-0.25, -0.2) is 0 Å². The number of aryl methyl sites for hydroxylation is 1. The molecule has 4 nitrogen and oxygen atoms in total. The van der Waals surface area contributed by atoms with Gasteiger partial charge < -0.3 is 10.1 Å². The second kappa shape index (κ2) is 7.27. The minimum atomic E-state index is 0.0658. The molecule has 2 rings (SSSR count). The van der Waals surface area contributed by atoms with Crippen LogP contribution in [0.5, 0.6) is 5.75 Å². The third-order valence-corrected chi connectivity index (χ3v) is 2.99. The third-order valence-electron chi connectivity index (χ3n) is 2.99. The van der Waals surface area contributed by atoms with Gasteiger partial charge in [0.25, 0.3) is 0 Å². The van der Waals surface area contributed by atoms with Crippen molar-refractivity contribution in [2.75, 3.05) is 6.61 Å². The van der Waals surface area contributed by atoms with Crippen molar-refractivity contribution in [3.8, 4) is 11.8 Å². The lowest BCUT2D eigenvalue weighted by atomic mass is 10.2. The van der Waals surface area contributed by atoms with E-state index in [-0.39, 0.29) is 6.61 Å². The van der Waals surface area contributed by atoms with Crippen molar-refractivity contribution in [3.63, 3.8) is 0 Å². The van der Waals surface area contributed by atoms with Gasteiger partial charge in [-0.15, -0.1) is 0 Å². The zero-order chi connectivity index (χ0) is 14.2. The molecule has 0 unspecified atom stereocenters. The number of pyridine rings is 1. The lowest BCUT2D eigenvalue weighted by Gasteiger charge is -2.10. The fraction of sp³-hybridized carbons (Fsp3) is 0.250. The Labute approximate surface area is 119 Å². The predicted octanol–water partition coefficient (Wildman–Crippen LogP) is 2.58. The van der Waals surface area contributed by atoms with E-state index in [1.54, 1.807) is 6.20 Å². The molecule has 0 saturated heterocycles. The van der Waals surface area contributed by atoms with Gasteiger partial charge in [-0.05, 0) is 24.6 Å². The quantitative estimate of drug-likeness (QED) is 0.874. The van der Waals surface area contributed by atoms with Crippen molar-refractivity contribution < 1.29 is 4.74 Å². The monoisotopic (exact) mass is 267 g/mol. The largest absolute Gasteiger partial charge is 0.478 e. The highest BCUT2D eigenvalue weighted by molar-refractivity contribution is 5.33. The van der Waals surface area contributed by atoms with Gasteiger partial charge >= 0.3 is 0 Å². The highest BCUT2D eigenvalue weighted by Gasteiger charge is 2.03. The normalized spacial score (nSPS) is 10.0. The number of aromatic nitrogens is 1. The first-order valence-electron chi connectivity index (χ1n) is 6.50. The van der Waals surface area contributed by atoms with Crippen LogP contribution in [0.15, 0.2) is 42.6 Å². The van der Waals surface area contributed by atoms with Gasteiger partial charge in [-0.2, -0.15) is 5.26 Å². The van der Waals surface area contributed by atoms with E-state index >= 15 is 0 Å². The summed E-state index contributed by atoms with van der Waals surface area (Å²) in [5.41, 5.74) is 3.26. The lowest BCUT2D eigenvalue weighted by molar-refractivity contribution is 0.362. The van der Waals surface area contributed by atoms with Crippen LogP contribution in [0.2, 0.25) is 0 Å². The fourth-order valence-electron chi connectivity index (χ4n) is 1.92. The van der Waals surface area contributed by atoms with Crippen molar-refractivity contribution in [1.82, 2.24) is 10.3 Å². The molecule has 0 aliphatic heterocycles. The Morgan fingerprint density at radius 1 is 1.20 bits per heavy atom. The Hall–Kier alpha value is -2.38. The molecular formula is C16H17N3O. The van der Waals surface area contributed by atoms with Crippen LogP contribution in [0, 0.1) is 18.3 Å². The average molecular weight is 267 g/mol. The summed E-state index contributed by atoms with van der Waals surface area (Å²) in [5, 5.41) is 11.9. The molecule has 0 aliphatic rings. The van der Waals surface area contributed by atoms with Crippen LogP contribution in [-0.2, 0) is 13.1 Å². The second-order valence-electron chi connectivity index (χ2n) is 4.43. The molecular weight excluding hydrogens is 250 g/mol. The van der Waals surface area contributed by atoms with Crippen LogP contribution in [0.3, 0.4) is 0 Å². The van der Waals surface area contributed by atoms with Crippen LogP contribution < -0.4 is 10.1 Å². The number of para-hydroxylation sites is 1. The molecule has 0 saturated carbocycles. The second-order valence-corrected chi connectivity index (χ2v) is 4.43. The number of ether oxygens (including phenoxy) is 1. The third kappa shape index (κ3) is 3.81. The molecule has 0 radical (unpaired) electrons. The number of hydrogen-bond donors (Lipinski definition) is 1. The van der Waals surface area contributed by atoms with Crippen molar-refractivity contribution in [1.29, 1.82) is 5.26 Å². The summed E-state index contributed by atoms with van der Waals surface area (Å²) >= 11 is 0. The van der Waals surface area contributed by atoms with Crippen molar-refractivity contribution >= 4 is 0 Å². The molecule has 4 heteroatoms. The Morgan fingerprint density at radius 2 is 2.05 bits per heavy atom. The Kier molecular flexibility index (Phi) is 5.10. The number of rotatable bonds is 6. The SMILES string of the molecule is Cc1cccnc1CNCc1ccccc1OCC#N. The molecule has 2 aromatic rings. The highest BCUT2D eigenvalue weighted by Crippen LogP contribution is 2.17. The first kappa shape index (κ1) is 14.0. The summed E-state index contributed by atoms with van der Waals surface area (Å²) in [6.07, 6.45) is 1.80. The molecule has 20 heavy (non-hydrogen) atoms. The first-order valence-corrected chi connectivity index (χ1v) is 6.50. The predicted molar refractivity (Wildman–Crippen MR) is 77.1 cm³/mol. The van der Waals surface area contributed by atoms with Gasteiger partial charge in [0.05, 0.1) is 5.69 Å². The number of hydrogen-bond acceptors (Lipinski definition) is 4. The minimum absolute atomic E-state index is 0.0658. The molecule has 0 atom stereocenters. The van der Waals surface area contributed by atoms with Crippen LogP contribution in [0.25, 0.3) is 0 Å². The summed E-state index contributed by atoms with van der Waals surface area (Å²) < 4.78 is 5.40. The number of nitrogens with zero attached hydrogens (tertiary/aromatic N) is 2. The summed E-state index contributed by atoms with van der Waals surface area (Å²) in [7, 11) is 0. The van der Waals surface area contributed by atoms with E-state index in [1.807, 2.05) is 49.4 Å². The van der Waals surface area contributed by atoms with Crippen LogP contribution >= 0.6 is 0 Å². The van der Waals surface area contributed by atoms with Gasteiger partial charge in [0, 0.05) is 24.8 Å². The molecule has 1 heterocycles. The van der Waals surface area contributed by atoms with Crippen molar-refractivity contribution in [2.45, 2.75) is 20.0 Å². The van der Waals surface area contributed by atoms with E-state index < -0.39 is 0 Å². The smallest absolute Gasteiger partial charge is 0.174 e. The van der Waals surface area contributed by atoms with Crippen LogP contribution in [0.4, 0.5) is 0 Å². The average Bonchev–Trinajstić information content (AvgIpc) is 2.48. The van der Waals surface area contributed by atoms with E-state index in [0.29, 0.717) is 13.1 Å². The van der Waals surface area contributed by atoms with E-state index in [4.69, 9.17) is 10.00 Å². The zero-order valence-corrected chi connectivity index (χ0v) is 11.5. The molecule has 0 aliphatic carbocycles. The number of nitriles is 1. The minimum Gasteiger partial charge on any atom is -0.478 e. The van der Waals surface area contributed by atoms with E-state index in [2.05, 4.69) is 10.3 Å². The lowest BCUT2D eigenvalue weighted by Crippen LogP contribution is -2.15. The van der Waals surface area contributed by atoms with Gasteiger partial charge in [0.1, 0.15) is 11.8 Å². The summed E-state index contributed by atoms with van der Waals surface area (Å²) in [4.78, 5) is 4.34. The maximum atomic E-state index is 8.57. The van der Waals surface area contributed by atoms with Crippen molar-refractivity contribution in [2.24, 2.45) is 0 Å². The molecule has 0 bridgehead atoms. The summed E-state index contributed by atoms with van der Waals surface area (Å²) in [5.74, 6) is 0.749. The highest BCUT2D eigenvalue weighted by atomic mass is 16.5. The maximum Gasteiger partial charge on any atom is 0.174 e. The molecule has 0 spiro atoms. The van der Waals surface area contributed by atoms with Gasteiger partial charge in [-0.1, -0.05) is 24.3 Å². The van der Waals surface area contributed by atoms with E-state index in [1.165, 1.54) is 5.56 Å². The van der Waals surface area contributed by atoms with Crippen molar-refractivity contribution in [3.05, 3.63) is 59.4 Å². The standard InChI is InChI=1S/C16H17N3O/c1-13-5-4-9-19-15(13)12-18-11-14-6-2-3-7-16(14)20-10-8-17/h2-7,9,18H,10-12H2,1H3. The van der Waals surface area contributed by atoms with Crippen LogP contribution in [-0.4, -0.2) is 11.6 Å². The molecule has 0 amide bonds. The number of benzene rings is 1. The van der Waals surface area contributed by atoms with E-state index in [9.17, 15) is 0 Å². The summed E-state index contributed by atoms with van der Waals surface area (Å²) in [6, 6.07) is 13.7. The Morgan fingerprint density at radius 3 is 2.85 bits per heavy atom. The Balaban J connectivity index is 1.94. The molecule has 1 aromatic heterocycles. The van der Waals surface area contributed by atoms with E-state index in [0.717, 1.165) is 17.0 Å². The zero-order valence-electron chi connectivity index (χ0n) is 11.5. The molecule has 1 aromatic carbocycles. The van der Waals surface area contributed by atoms with Gasteiger partial charge in [0.2, 0.25) is 0 Å². The Bertz CT molecular complexity index is 605. The molecule has 0 fully saturated rings. The maximum absolute atomic E-state index is 8.57.